The average molecular weight is 458 g/mol. The Balaban J connectivity index is 1.78. The summed E-state index contributed by atoms with van der Waals surface area (Å²) in [5.74, 6) is -0.166. The highest BCUT2D eigenvalue weighted by atomic mass is 32.2. The Morgan fingerprint density at radius 1 is 0.909 bits per heavy atom. The number of ketones is 1. The molecule has 8 nitrogen and oxygen atoms in total. The summed E-state index contributed by atoms with van der Waals surface area (Å²) in [6.45, 7) is 3.43. The molecule has 5 rings (SSSR count). The number of thioether (sulfide) groups is 1. The molecule has 0 radical (unpaired) electrons. The largest absolute Gasteiger partial charge is 0.292 e. The molecule has 164 valence electrons. The van der Waals surface area contributed by atoms with Gasteiger partial charge in [0.25, 0.3) is 5.69 Å². The second kappa shape index (κ2) is 7.86. The van der Waals surface area contributed by atoms with Crippen molar-refractivity contribution in [2.24, 2.45) is 10.2 Å². The number of hydrogen-bond donors (Lipinski definition) is 0. The molecule has 0 bridgehead atoms. The number of Topliss-reactive ketones (excluding diaryl/α,β-unsaturated/α-hetero) is 1. The second-order valence-electron chi connectivity index (χ2n) is 7.64. The molecule has 0 aliphatic carbocycles. The summed E-state index contributed by atoms with van der Waals surface area (Å²) < 4.78 is 0. The molecule has 1 spiro atoms. The number of hydrazone groups is 2. The van der Waals surface area contributed by atoms with Crippen LogP contribution in [0.15, 0.2) is 89.1 Å². The third-order valence-corrected chi connectivity index (χ3v) is 6.94. The summed E-state index contributed by atoms with van der Waals surface area (Å²) in [6.07, 6.45) is 0. The van der Waals surface area contributed by atoms with Crippen LogP contribution in [0.1, 0.15) is 25.0 Å². The van der Waals surface area contributed by atoms with Crippen LogP contribution < -0.4 is 10.0 Å². The van der Waals surface area contributed by atoms with Crippen molar-refractivity contribution in [1.29, 1.82) is 0 Å². The van der Waals surface area contributed by atoms with Gasteiger partial charge in [0.2, 0.25) is 4.99 Å². The number of fused-ring (bicyclic) bond motifs is 2. The minimum absolute atomic E-state index is 0.0201. The number of nitro benzene ring substituents is 1. The molecule has 0 amide bonds. The lowest BCUT2D eigenvalue weighted by Gasteiger charge is -2.46. The Morgan fingerprint density at radius 2 is 1.52 bits per heavy atom. The van der Waals surface area contributed by atoms with E-state index in [2.05, 4.69) is 0 Å². The first-order valence-electron chi connectivity index (χ1n) is 10.3. The fraction of sp³-hybridized carbons (Fsp3) is 0.125. The van der Waals surface area contributed by atoms with E-state index in [0.29, 0.717) is 10.7 Å². The third kappa shape index (κ3) is 3.28. The van der Waals surface area contributed by atoms with Crippen LogP contribution in [-0.2, 0) is 9.79 Å². The standard InChI is InChI=1S/C24H19N5O3S/c1-16-21-10-6-7-11-22(21)24(27(25-16)18-8-4-3-5-9-18)28(26-23(33-24)17(2)30)19-12-14-20(15-13-19)29(31)32/h3-15H,1-2H3/t24-/m0/s1. The van der Waals surface area contributed by atoms with Crippen molar-refractivity contribution in [3.63, 3.8) is 0 Å². The zero-order valence-corrected chi connectivity index (χ0v) is 18.7. The predicted molar refractivity (Wildman–Crippen MR) is 131 cm³/mol. The van der Waals surface area contributed by atoms with Crippen LogP contribution in [0.4, 0.5) is 17.1 Å². The highest BCUT2D eigenvalue weighted by Gasteiger charge is 2.55. The molecule has 2 aliphatic rings. The zero-order valence-electron chi connectivity index (χ0n) is 17.9. The smallest absolute Gasteiger partial charge is 0.269 e. The van der Waals surface area contributed by atoms with Crippen molar-refractivity contribution < 1.29 is 9.72 Å². The molecule has 0 unspecified atom stereocenters. The lowest BCUT2D eigenvalue weighted by atomic mass is 9.98. The van der Waals surface area contributed by atoms with Crippen molar-refractivity contribution in [3.8, 4) is 0 Å². The number of non-ortho nitro benzene ring substituents is 1. The Hall–Kier alpha value is -3.98. The van der Waals surface area contributed by atoms with Gasteiger partial charge in [-0.3, -0.25) is 14.9 Å². The number of carbonyl (C=O) groups excluding carboxylic acids is 1. The van der Waals surface area contributed by atoms with E-state index in [9.17, 15) is 14.9 Å². The van der Waals surface area contributed by atoms with Crippen molar-refractivity contribution in [2.45, 2.75) is 18.8 Å². The van der Waals surface area contributed by atoms with Crippen LogP contribution in [0.5, 0.6) is 0 Å². The van der Waals surface area contributed by atoms with Crippen LogP contribution >= 0.6 is 11.8 Å². The van der Waals surface area contributed by atoms with Crippen molar-refractivity contribution in [2.75, 3.05) is 10.0 Å². The lowest BCUT2D eigenvalue weighted by molar-refractivity contribution is -0.384. The molecule has 2 aliphatic heterocycles. The highest BCUT2D eigenvalue weighted by molar-refractivity contribution is 8.17. The van der Waals surface area contributed by atoms with Crippen molar-refractivity contribution in [3.05, 3.63) is 100 Å². The van der Waals surface area contributed by atoms with Crippen LogP contribution in [0.3, 0.4) is 0 Å². The minimum atomic E-state index is -1.03. The molecule has 9 heteroatoms. The summed E-state index contributed by atoms with van der Waals surface area (Å²) in [4.78, 5) is 22.2. The Kier molecular flexibility index (Phi) is 4.98. The van der Waals surface area contributed by atoms with E-state index in [4.69, 9.17) is 10.2 Å². The van der Waals surface area contributed by atoms with Crippen molar-refractivity contribution >= 4 is 45.4 Å². The first kappa shape index (κ1) is 20.9. The van der Waals surface area contributed by atoms with Gasteiger partial charge in [-0.05, 0) is 43.0 Å². The molecule has 33 heavy (non-hydrogen) atoms. The highest BCUT2D eigenvalue weighted by Crippen LogP contribution is 2.54. The number of nitro groups is 1. The molecule has 2 heterocycles. The van der Waals surface area contributed by atoms with Gasteiger partial charge in [-0.2, -0.15) is 10.2 Å². The molecule has 1 atom stereocenters. The van der Waals surface area contributed by atoms with Gasteiger partial charge in [-0.25, -0.2) is 10.0 Å². The normalized spacial score (nSPS) is 19.2. The number of benzene rings is 3. The summed E-state index contributed by atoms with van der Waals surface area (Å²) >= 11 is 1.31. The van der Waals surface area contributed by atoms with Crippen LogP contribution in [0, 0.1) is 10.1 Å². The van der Waals surface area contributed by atoms with E-state index in [0.717, 1.165) is 22.5 Å². The van der Waals surface area contributed by atoms with Crippen LogP contribution in [0.2, 0.25) is 0 Å². The van der Waals surface area contributed by atoms with E-state index in [1.807, 2.05) is 66.5 Å². The Bertz CT molecular complexity index is 1320. The van der Waals surface area contributed by atoms with E-state index in [1.54, 1.807) is 17.1 Å². The third-order valence-electron chi connectivity index (χ3n) is 5.53. The van der Waals surface area contributed by atoms with Crippen molar-refractivity contribution in [1.82, 2.24) is 0 Å². The molecular formula is C24H19N5O3S. The van der Waals surface area contributed by atoms with Gasteiger partial charge >= 0.3 is 0 Å². The fourth-order valence-electron chi connectivity index (χ4n) is 4.02. The Morgan fingerprint density at radius 3 is 2.18 bits per heavy atom. The van der Waals surface area contributed by atoms with Crippen LogP contribution in [0.25, 0.3) is 0 Å². The quantitative estimate of drug-likeness (QED) is 0.400. The maximum atomic E-state index is 12.5. The van der Waals surface area contributed by atoms with Crippen LogP contribution in [-0.4, -0.2) is 21.5 Å². The minimum Gasteiger partial charge on any atom is -0.292 e. The lowest BCUT2D eigenvalue weighted by Crippen LogP contribution is -2.53. The average Bonchev–Trinajstić information content (AvgIpc) is 3.24. The monoisotopic (exact) mass is 457 g/mol. The molecule has 0 aromatic heterocycles. The topological polar surface area (TPSA) is 91.4 Å². The summed E-state index contributed by atoms with van der Waals surface area (Å²) in [7, 11) is 0. The van der Waals surface area contributed by atoms with Gasteiger partial charge in [0, 0.05) is 30.2 Å². The van der Waals surface area contributed by atoms with E-state index in [1.165, 1.54) is 30.8 Å². The molecular weight excluding hydrogens is 438 g/mol. The second-order valence-corrected chi connectivity index (χ2v) is 8.80. The van der Waals surface area contributed by atoms with E-state index in [-0.39, 0.29) is 11.5 Å². The van der Waals surface area contributed by atoms with Gasteiger partial charge in [-0.1, -0.05) is 42.5 Å². The van der Waals surface area contributed by atoms with Gasteiger partial charge in [0.05, 0.1) is 22.0 Å². The molecule has 0 saturated heterocycles. The van der Waals surface area contributed by atoms with Gasteiger partial charge < -0.3 is 0 Å². The van der Waals surface area contributed by atoms with Gasteiger partial charge in [0.1, 0.15) is 0 Å². The Labute approximate surface area is 194 Å². The SMILES string of the molecule is CC(=O)C1=NN(c2ccc([N+](=O)[O-])cc2)[C@]2(S1)c1ccccc1C(C)=NN2c1ccccc1. The van der Waals surface area contributed by atoms with E-state index < -0.39 is 9.92 Å². The van der Waals surface area contributed by atoms with Gasteiger partial charge in [-0.15, -0.1) is 0 Å². The zero-order chi connectivity index (χ0) is 23.2. The predicted octanol–water partition coefficient (Wildman–Crippen LogP) is 5.11. The molecule has 0 saturated carbocycles. The summed E-state index contributed by atoms with van der Waals surface area (Å²) in [6, 6.07) is 23.7. The molecule has 0 fully saturated rings. The first-order chi connectivity index (χ1) is 15.9. The van der Waals surface area contributed by atoms with Gasteiger partial charge in [0.15, 0.2) is 10.8 Å². The molecule has 0 N–H and O–H groups in total. The van der Waals surface area contributed by atoms with E-state index >= 15 is 0 Å². The number of rotatable bonds is 4. The maximum Gasteiger partial charge on any atom is 0.269 e. The molecule has 3 aromatic carbocycles. The molecule has 3 aromatic rings. The maximum absolute atomic E-state index is 12.5. The number of hydrogen-bond acceptors (Lipinski definition) is 8. The number of carbonyl (C=O) groups is 1. The fourth-order valence-corrected chi connectivity index (χ4v) is 5.31. The summed E-state index contributed by atoms with van der Waals surface area (Å²) in [5.41, 5.74) is 4.11. The number of anilines is 2. The number of para-hydroxylation sites is 1. The first-order valence-corrected chi connectivity index (χ1v) is 11.1. The summed E-state index contributed by atoms with van der Waals surface area (Å²) in [5, 5.41) is 24.8. The number of nitrogens with zero attached hydrogens (tertiary/aromatic N) is 5.